The number of imidazole rings is 1. The van der Waals surface area contributed by atoms with Gasteiger partial charge in [-0.3, -0.25) is 15.0 Å². The van der Waals surface area contributed by atoms with Crippen LogP contribution in [0.25, 0.3) is 11.0 Å². The van der Waals surface area contributed by atoms with Gasteiger partial charge in [0, 0.05) is 0 Å². The second-order valence-electron chi connectivity index (χ2n) is 4.42. The molecule has 0 spiro atoms. The maximum atomic E-state index is 11.9. The molecule has 2 heterocycles. The Morgan fingerprint density at radius 3 is 2.82 bits per heavy atom. The zero-order chi connectivity index (χ0) is 15.5. The van der Waals surface area contributed by atoms with Crippen LogP contribution in [0.4, 0.5) is 0 Å². The molecule has 0 aliphatic heterocycles. The second-order valence-corrected chi connectivity index (χ2v) is 5.21. The summed E-state index contributed by atoms with van der Waals surface area (Å²) in [5.74, 6) is -0.703. The van der Waals surface area contributed by atoms with Crippen molar-refractivity contribution in [3.05, 3.63) is 53.2 Å². The summed E-state index contributed by atoms with van der Waals surface area (Å²) >= 11 is 3.11. The topological polar surface area (TPSA) is 89.2 Å². The molecule has 0 radical (unpaired) electrons. The number of hydrogen-bond acceptors (Lipinski definition) is 4. The molecule has 0 atom stereocenters. The van der Waals surface area contributed by atoms with Crippen molar-refractivity contribution in [2.24, 2.45) is 0 Å². The summed E-state index contributed by atoms with van der Waals surface area (Å²) in [4.78, 5) is 27.8. The lowest BCUT2D eigenvalue weighted by Gasteiger charge is -2.07. The first-order valence-electron chi connectivity index (χ1n) is 6.39. The Hall–Kier alpha value is -2.61. The minimum absolute atomic E-state index is 0.132. The van der Waals surface area contributed by atoms with Crippen LogP contribution in [0.15, 0.2) is 51.8 Å². The van der Waals surface area contributed by atoms with Gasteiger partial charge in [0.1, 0.15) is 6.33 Å². The predicted molar refractivity (Wildman–Crippen MR) is 82.8 cm³/mol. The number of rotatable bonds is 4. The van der Waals surface area contributed by atoms with Crippen molar-refractivity contribution in [1.29, 1.82) is 0 Å². The molecule has 2 amide bonds. The number of furan rings is 1. The molecule has 8 heteroatoms. The number of carbonyl (C=O) groups is 2. The van der Waals surface area contributed by atoms with E-state index >= 15 is 0 Å². The maximum Gasteiger partial charge on any atom is 0.287 e. The molecule has 0 saturated heterocycles. The molecule has 3 rings (SSSR count). The summed E-state index contributed by atoms with van der Waals surface area (Å²) in [5.41, 5.74) is 4.18. The number of hydrogen-bond donors (Lipinski definition) is 2. The quantitative estimate of drug-likeness (QED) is 0.741. The third-order valence-corrected chi connectivity index (χ3v) is 3.33. The molecular weight excluding hydrogens is 352 g/mol. The van der Waals surface area contributed by atoms with Crippen molar-refractivity contribution in [2.75, 3.05) is 12.0 Å². The van der Waals surface area contributed by atoms with E-state index in [4.69, 9.17) is 4.42 Å². The number of fused-ring (bicyclic) bond motifs is 1. The van der Waals surface area contributed by atoms with Gasteiger partial charge in [0.2, 0.25) is 0 Å². The van der Waals surface area contributed by atoms with Crippen molar-refractivity contribution in [1.82, 2.24) is 15.0 Å². The van der Waals surface area contributed by atoms with E-state index in [2.05, 4.69) is 31.7 Å². The summed E-state index contributed by atoms with van der Waals surface area (Å²) < 4.78 is 7.06. The molecule has 0 fully saturated rings. The first kappa shape index (κ1) is 14.3. The molecule has 22 heavy (non-hydrogen) atoms. The monoisotopic (exact) mass is 362 g/mol. The summed E-state index contributed by atoms with van der Waals surface area (Å²) in [7, 11) is 0. The summed E-state index contributed by atoms with van der Waals surface area (Å²) in [5, 5.41) is 2.47. The standard InChI is InChI=1S/C14H11BrN4O3/c15-12-6-5-11(22-12)14(21)16-7-13(20)18-19-8-17-9-3-1-2-4-10(9)19/h1-6,8H,7H2,(H,16,21)(H,18,20). The molecule has 0 saturated carbocycles. The molecular formula is C14H11BrN4O3. The van der Waals surface area contributed by atoms with E-state index in [0.717, 1.165) is 11.0 Å². The molecule has 3 aromatic rings. The van der Waals surface area contributed by atoms with Gasteiger partial charge in [0.25, 0.3) is 11.8 Å². The van der Waals surface area contributed by atoms with Gasteiger partial charge in [-0.15, -0.1) is 0 Å². The SMILES string of the molecule is O=C(CNC(=O)c1ccc(Br)o1)Nn1cnc2ccccc21. The fraction of sp³-hybridized carbons (Fsp3) is 0.0714. The fourth-order valence-corrected chi connectivity index (χ4v) is 2.21. The highest BCUT2D eigenvalue weighted by Crippen LogP contribution is 2.13. The summed E-state index contributed by atoms with van der Waals surface area (Å²) in [6.07, 6.45) is 1.51. The second kappa shape index (κ2) is 6.02. The van der Waals surface area contributed by atoms with Gasteiger partial charge in [-0.25, -0.2) is 9.66 Å². The van der Waals surface area contributed by atoms with Crippen LogP contribution in [0.2, 0.25) is 0 Å². The van der Waals surface area contributed by atoms with Crippen LogP contribution < -0.4 is 10.7 Å². The first-order chi connectivity index (χ1) is 10.6. The van der Waals surface area contributed by atoms with E-state index in [9.17, 15) is 9.59 Å². The normalized spacial score (nSPS) is 10.6. The molecule has 1 aromatic carbocycles. The van der Waals surface area contributed by atoms with E-state index in [-0.39, 0.29) is 18.2 Å². The summed E-state index contributed by atoms with van der Waals surface area (Å²) in [6.45, 7) is -0.177. The lowest BCUT2D eigenvalue weighted by molar-refractivity contribution is -0.116. The number of carbonyl (C=O) groups excluding carboxylic acids is 2. The average Bonchev–Trinajstić information content (AvgIpc) is 3.12. The van der Waals surface area contributed by atoms with Crippen LogP contribution in [0, 0.1) is 0 Å². The van der Waals surface area contributed by atoms with Crippen molar-refractivity contribution >= 4 is 38.8 Å². The zero-order valence-corrected chi connectivity index (χ0v) is 12.8. The molecule has 0 aliphatic rings. The smallest absolute Gasteiger partial charge is 0.287 e. The predicted octanol–water partition coefficient (Wildman–Crippen LogP) is 1.89. The Kier molecular flexibility index (Phi) is 3.92. The van der Waals surface area contributed by atoms with Crippen molar-refractivity contribution in [3.8, 4) is 0 Å². The van der Waals surface area contributed by atoms with E-state index < -0.39 is 5.91 Å². The van der Waals surface area contributed by atoms with Crippen molar-refractivity contribution in [2.45, 2.75) is 0 Å². The van der Waals surface area contributed by atoms with Crippen molar-refractivity contribution in [3.63, 3.8) is 0 Å². The number of halogens is 1. The lowest BCUT2D eigenvalue weighted by atomic mass is 10.3. The molecule has 112 valence electrons. The van der Waals surface area contributed by atoms with Crippen LogP contribution in [-0.2, 0) is 4.79 Å². The van der Waals surface area contributed by atoms with E-state index in [1.807, 2.05) is 24.3 Å². The third kappa shape index (κ3) is 3.01. The fourth-order valence-electron chi connectivity index (χ4n) is 1.91. The van der Waals surface area contributed by atoms with Crippen LogP contribution >= 0.6 is 15.9 Å². The van der Waals surface area contributed by atoms with Crippen LogP contribution in [-0.4, -0.2) is 28.0 Å². The minimum atomic E-state index is -0.462. The highest BCUT2D eigenvalue weighted by atomic mass is 79.9. The number of para-hydroxylation sites is 2. The van der Waals surface area contributed by atoms with Crippen LogP contribution in [0.1, 0.15) is 10.6 Å². The maximum absolute atomic E-state index is 11.9. The van der Waals surface area contributed by atoms with Gasteiger partial charge in [-0.2, -0.15) is 0 Å². The van der Waals surface area contributed by atoms with Gasteiger partial charge in [-0.1, -0.05) is 12.1 Å². The van der Waals surface area contributed by atoms with Gasteiger partial charge < -0.3 is 9.73 Å². The Bertz CT molecular complexity index is 839. The zero-order valence-electron chi connectivity index (χ0n) is 11.2. The Morgan fingerprint density at radius 2 is 2.05 bits per heavy atom. The molecule has 0 bridgehead atoms. The van der Waals surface area contributed by atoms with Gasteiger partial charge in [0.05, 0.1) is 17.6 Å². The minimum Gasteiger partial charge on any atom is -0.444 e. The number of amides is 2. The van der Waals surface area contributed by atoms with Crippen LogP contribution in [0.5, 0.6) is 0 Å². The number of nitrogens with one attached hydrogen (secondary N) is 2. The van der Waals surface area contributed by atoms with Crippen molar-refractivity contribution < 1.29 is 14.0 Å². The number of aromatic nitrogens is 2. The van der Waals surface area contributed by atoms with Crippen LogP contribution in [0.3, 0.4) is 0 Å². The Morgan fingerprint density at radius 1 is 1.23 bits per heavy atom. The first-order valence-corrected chi connectivity index (χ1v) is 7.18. The van der Waals surface area contributed by atoms with E-state index in [1.165, 1.54) is 17.1 Å². The lowest BCUT2D eigenvalue weighted by Crippen LogP contribution is -2.35. The third-order valence-electron chi connectivity index (χ3n) is 2.91. The van der Waals surface area contributed by atoms with Gasteiger partial charge in [-0.05, 0) is 40.2 Å². The number of nitrogens with zero attached hydrogens (tertiary/aromatic N) is 2. The van der Waals surface area contributed by atoms with Gasteiger partial charge >= 0.3 is 0 Å². The Labute approximate surface area is 133 Å². The van der Waals surface area contributed by atoms with E-state index in [1.54, 1.807) is 6.07 Å². The summed E-state index contributed by atoms with van der Waals surface area (Å²) in [6, 6.07) is 10.5. The molecule has 2 N–H and O–H groups in total. The molecule has 7 nitrogen and oxygen atoms in total. The average molecular weight is 363 g/mol. The van der Waals surface area contributed by atoms with E-state index in [0.29, 0.717) is 4.67 Å². The highest BCUT2D eigenvalue weighted by Gasteiger charge is 2.12. The van der Waals surface area contributed by atoms with Gasteiger partial charge in [0.15, 0.2) is 10.4 Å². The highest BCUT2D eigenvalue weighted by molar-refractivity contribution is 9.10. The molecule has 0 unspecified atom stereocenters. The molecule has 2 aromatic heterocycles. The molecule has 0 aliphatic carbocycles. The largest absolute Gasteiger partial charge is 0.444 e. The number of benzene rings is 1. The Balaban J connectivity index is 1.60.